The van der Waals surface area contributed by atoms with Gasteiger partial charge < -0.3 is 24.3 Å². The highest BCUT2D eigenvalue weighted by molar-refractivity contribution is 14.1. The summed E-state index contributed by atoms with van der Waals surface area (Å²) in [6.07, 6.45) is 2.80. The Morgan fingerprint density at radius 3 is 2.52 bits per heavy atom. The summed E-state index contributed by atoms with van der Waals surface area (Å²) >= 11 is 2.08. The van der Waals surface area contributed by atoms with Gasteiger partial charge in [-0.05, 0) is 61.1 Å². The standard InChI is InChI=1S/C32H35F3IN3O5/c1-38-16-24(30-25(34)4-3-5-28(30)38)31(41)37-27-13-26(35)19(10-20(27)14-36)11-29(40)39-15-21(33)12-22(39)17-44-23-8-6-18(7-9-23)32(42)43-2/h3-5,10,13,16,18,21-23H,6-9,11-12,14-15,17H2,1-2H3,(H,37,41)/t18-,21-,22-,23-/m0/s1. The second-order valence-corrected chi connectivity index (χ2v) is 12.3. The predicted molar refractivity (Wildman–Crippen MR) is 167 cm³/mol. The molecule has 44 heavy (non-hydrogen) atoms. The maximum atomic E-state index is 15.3. The summed E-state index contributed by atoms with van der Waals surface area (Å²) in [6, 6.07) is 6.78. The minimum absolute atomic E-state index is 0.0803. The van der Waals surface area contributed by atoms with Crippen LogP contribution in [-0.2, 0) is 37.0 Å². The molecule has 2 aromatic carbocycles. The number of halogens is 4. The molecule has 1 saturated carbocycles. The number of anilines is 1. The van der Waals surface area contributed by atoms with Crippen LogP contribution >= 0.6 is 22.6 Å². The first-order chi connectivity index (χ1) is 21.1. The molecular weight excluding hydrogens is 690 g/mol. The molecule has 3 aromatic rings. The van der Waals surface area contributed by atoms with Gasteiger partial charge in [-0.2, -0.15) is 0 Å². The zero-order chi connectivity index (χ0) is 31.5. The van der Waals surface area contributed by atoms with Gasteiger partial charge in [0.05, 0.1) is 55.8 Å². The maximum absolute atomic E-state index is 15.3. The van der Waals surface area contributed by atoms with E-state index in [0.29, 0.717) is 41.2 Å². The minimum Gasteiger partial charge on any atom is -0.469 e. The molecule has 236 valence electrons. The van der Waals surface area contributed by atoms with Gasteiger partial charge in [0.1, 0.15) is 17.8 Å². The van der Waals surface area contributed by atoms with Crippen LogP contribution in [0.15, 0.2) is 36.5 Å². The van der Waals surface area contributed by atoms with Gasteiger partial charge in [0.25, 0.3) is 5.91 Å². The number of likely N-dealkylation sites (tertiary alicyclic amines) is 1. The van der Waals surface area contributed by atoms with Crippen LogP contribution in [0.25, 0.3) is 10.9 Å². The Kier molecular flexibility index (Phi) is 10.2. The van der Waals surface area contributed by atoms with Crippen molar-refractivity contribution in [1.82, 2.24) is 9.47 Å². The molecule has 2 amide bonds. The second kappa shape index (κ2) is 13.9. The van der Waals surface area contributed by atoms with E-state index < -0.39 is 35.7 Å². The summed E-state index contributed by atoms with van der Waals surface area (Å²) in [4.78, 5) is 39.7. The van der Waals surface area contributed by atoms with Crippen LogP contribution in [0.3, 0.4) is 0 Å². The van der Waals surface area contributed by atoms with Crippen LogP contribution in [0.4, 0.5) is 18.9 Å². The Morgan fingerprint density at radius 1 is 1.07 bits per heavy atom. The van der Waals surface area contributed by atoms with E-state index in [4.69, 9.17) is 9.47 Å². The third kappa shape index (κ3) is 6.90. The van der Waals surface area contributed by atoms with Crippen molar-refractivity contribution in [2.75, 3.05) is 25.6 Å². The Balaban J connectivity index is 1.24. The smallest absolute Gasteiger partial charge is 0.308 e. The van der Waals surface area contributed by atoms with Gasteiger partial charge in [0.2, 0.25) is 5.91 Å². The number of methoxy groups -OCH3 is 1. The highest BCUT2D eigenvalue weighted by Gasteiger charge is 2.37. The molecule has 0 unspecified atom stereocenters. The summed E-state index contributed by atoms with van der Waals surface area (Å²) in [7, 11) is 3.08. The second-order valence-electron chi connectivity index (χ2n) is 11.5. The van der Waals surface area contributed by atoms with Crippen molar-refractivity contribution in [1.29, 1.82) is 0 Å². The molecule has 2 aliphatic rings. The van der Waals surface area contributed by atoms with Gasteiger partial charge in [-0.15, -0.1) is 0 Å². The fourth-order valence-corrected chi connectivity index (χ4v) is 6.89. The molecule has 2 heterocycles. The molecule has 1 saturated heterocycles. The molecule has 1 N–H and O–H groups in total. The molecule has 2 atom stereocenters. The number of carbonyl (C=O) groups is 3. The summed E-state index contributed by atoms with van der Waals surface area (Å²) in [5, 5.41) is 2.89. The summed E-state index contributed by atoms with van der Waals surface area (Å²) in [5.41, 5.74) is 1.63. The van der Waals surface area contributed by atoms with Gasteiger partial charge in [-0.25, -0.2) is 13.2 Å². The monoisotopic (exact) mass is 725 g/mol. The number of rotatable bonds is 9. The maximum Gasteiger partial charge on any atom is 0.308 e. The van der Waals surface area contributed by atoms with Crippen molar-refractivity contribution < 1.29 is 37.0 Å². The average Bonchev–Trinajstić information content (AvgIpc) is 3.57. The number of carbonyl (C=O) groups excluding carboxylic acids is 3. The number of alkyl halides is 2. The SMILES string of the molecule is COC(=O)[C@H]1CC[C@H](OC[C@@H]2C[C@H](F)CN2C(=O)Cc2cc(CI)c(NC(=O)c3cn(C)c4cccc(F)c34)cc2F)CC1. The zero-order valence-corrected chi connectivity index (χ0v) is 26.7. The highest BCUT2D eigenvalue weighted by atomic mass is 127. The molecule has 12 heteroatoms. The van der Waals surface area contributed by atoms with Crippen LogP contribution in [-0.4, -0.2) is 65.8 Å². The Labute approximate surface area is 267 Å². The lowest BCUT2D eigenvalue weighted by atomic mass is 9.87. The highest BCUT2D eigenvalue weighted by Crippen LogP contribution is 2.31. The summed E-state index contributed by atoms with van der Waals surface area (Å²) in [6.45, 7) is 0.0827. The van der Waals surface area contributed by atoms with Gasteiger partial charge in [-0.1, -0.05) is 28.7 Å². The number of ether oxygens (including phenoxy) is 2. The summed E-state index contributed by atoms with van der Waals surface area (Å²) < 4.78 is 57.3. The van der Waals surface area contributed by atoms with Crippen LogP contribution in [0.5, 0.6) is 0 Å². The number of aryl methyl sites for hydroxylation is 1. The van der Waals surface area contributed by atoms with E-state index in [1.165, 1.54) is 36.4 Å². The molecule has 0 radical (unpaired) electrons. The summed E-state index contributed by atoms with van der Waals surface area (Å²) in [5.74, 6) is -2.56. The third-order valence-corrected chi connectivity index (χ3v) is 9.45. The Bertz CT molecular complexity index is 1560. The fraction of sp³-hybridized carbons (Fsp3) is 0.469. The average molecular weight is 726 g/mol. The van der Waals surface area contributed by atoms with E-state index in [-0.39, 0.29) is 66.2 Å². The zero-order valence-electron chi connectivity index (χ0n) is 24.6. The third-order valence-electron chi connectivity index (χ3n) is 8.63. The van der Waals surface area contributed by atoms with Gasteiger partial charge in [0, 0.05) is 35.2 Å². The van der Waals surface area contributed by atoms with Crippen LogP contribution in [0, 0.1) is 17.6 Å². The quantitative estimate of drug-likeness (QED) is 0.169. The van der Waals surface area contributed by atoms with E-state index in [1.807, 2.05) is 0 Å². The molecule has 1 aliphatic heterocycles. The molecule has 8 nitrogen and oxygen atoms in total. The number of aromatic nitrogens is 1. The molecule has 0 bridgehead atoms. The molecule has 2 fully saturated rings. The molecular formula is C32H35F3IN3O5. The predicted octanol–water partition coefficient (Wildman–Crippen LogP) is 5.87. The van der Waals surface area contributed by atoms with Crippen LogP contribution < -0.4 is 5.32 Å². The van der Waals surface area contributed by atoms with Gasteiger partial charge >= 0.3 is 5.97 Å². The fourth-order valence-electron chi connectivity index (χ4n) is 6.26. The van der Waals surface area contributed by atoms with E-state index in [1.54, 1.807) is 23.7 Å². The van der Waals surface area contributed by atoms with Crippen molar-refractivity contribution in [3.8, 4) is 0 Å². The van der Waals surface area contributed by atoms with E-state index >= 15 is 4.39 Å². The molecule has 0 spiro atoms. The van der Waals surface area contributed by atoms with E-state index in [9.17, 15) is 23.2 Å². The molecule has 1 aromatic heterocycles. The number of amides is 2. The number of fused-ring (bicyclic) bond motifs is 1. The van der Waals surface area contributed by atoms with Gasteiger partial charge in [-0.3, -0.25) is 14.4 Å². The number of benzene rings is 2. The largest absolute Gasteiger partial charge is 0.469 e. The van der Waals surface area contributed by atoms with Crippen molar-refractivity contribution in [3.63, 3.8) is 0 Å². The molecule has 1 aliphatic carbocycles. The van der Waals surface area contributed by atoms with Crippen molar-refractivity contribution in [2.24, 2.45) is 13.0 Å². The van der Waals surface area contributed by atoms with Crippen molar-refractivity contribution >= 4 is 57.0 Å². The Hall–Kier alpha value is -3.13. The Morgan fingerprint density at radius 2 is 1.82 bits per heavy atom. The first-order valence-corrected chi connectivity index (χ1v) is 16.2. The van der Waals surface area contributed by atoms with Crippen LogP contribution in [0.2, 0.25) is 0 Å². The lowest BCUT2D eigenvalue weighted by molar-refractivity contribution is -0.148. The van der Waals surface area contributed by atoms with E-state index in [2.05, 4.69) is 27.9 Å². The topological polar surface area (TPSA) is 89.9 Å². The number of nitrogens with zero attached hydrogens (tertiary/aromatic N) is 2. The van der Waals surface area contributed by atoms with Crippen LogP contribution in [0.1, 0.15) is 53.6 Å². The molecule has 5 rings (SSSR count). The number of hydrogen-bond acceptors (Lipinski definition) is 5. The number of hydrogen-bond donors (Lipinski definition) is 1. The number of esters is 1. The van der Waals surface area contributed by atoms with E-state index in [0.717, 1.165) is 0 Å². The normalized spacial score (nSPS) is 21.9. The first-order valence-electron chi connectivity index (χ1n) is 14.6. The number of nitrogens with one attached hydrogen (secondary N) is 1. The lowest BCUT2D eigenvalue weighted by Crippen LogP contribution is -2.40. The minimum atomic E-state index is -1.20. The lowest BCUT2D eigenvalue weighted by Gasteiger charge is -2.30. The first kappa shape index (κ1) is 32.3. The van der Waals surface area contributed by atoms with Crippen molar-refractivity contribution in [3.05, 3.63) is 64.9 Å². The van der Waals surface area contributed by atoms with Gasteiger partial charge in [0.15, 0.2) is 0 Å². The van der Waals surface area contributed by atoms with Crippen molar-refractivity contribution in [2.45, 2.75) is 61.3 Å².